The Morgan fingerprint density at radius 2 is 2.00 bits per heavy atom. The van der Waals surface area contributed by atoms with E-state index >= 15 is 0 Å². The van der Waals surface area contributed by atoms with Gasteiger partial charge in [0.1, 0.15) is 6.10 Å². The Bertz CT molecular complexity index is 1020. The summed E-state index contributed by atoms with van der Waals surface area (Å²) in [5.74, 6) is 1.95. The standard InChI is InChI=1S/C28H38N2O4/c1-2-3-4-18-10-13-30(26(18)32)20-9-11-28(33)22-15-19-7-8-21(31)24-23(19)27(28,25(20)34-24)12-14-29(22)16-17-5-6-17/h7-8,17-18,20,22,25,31,33H,2-6,9-16H2,1H3/t18?,20-,22-,25+,27+,28-/m1/s1. The van der Waals surface area contributed by atoms with Crippen LogP contribution in [-0.4, -0.2) is 69.3 Å². The summed E-state index contributed by atoms with van der Waals surface area (Å²) in [6.45, 7) is 5.01. The van der Waals surface area contributed by atoms with E-state index in [1.165, 1.54) is 18.4 Å². The summed E-state index contributed by atoms with van der Waals surface area (Å²) in [6, 6.07) is 3.88. The number of carbonyl (C=O) groups excluding carboxylic acids is 1. The summed E-state index contributed by atoms with van der Waals surface area (Å²) in [4.78, 5) is 18.1. The minimum atomic E-state index is -0.877. The van der Waals surface area contributed by atoms with E-state index in [0.717, 1.165) is 76.1 Å². The lowest BCUT2D eigenvalue weighted by molar-refractivity contribution is -0.200. The number of carbonyl (C=O) groups is 1. The molecule has 2 saturated heterocycles. The summed E-state index contributed by atoms with van der Waals surface area (Å²) in [6.07, 6.45) is 9.57. The van der Waals surface area contributed by atoms with Gasteiger partial charge in [-0.2, -0.15) is 0 Å². The molecule has 6 heteroatoms. The van der Waals surface area contributed by atoms with Crippen molar-refractivity contribution in [2.24, 2.45) is 11.8 Å². The molecular formula is C28H38N2O4. The first-order valence-electron chi connectivity index (χ1n) is 13.8. The highest BCUT2D eigenvalue weighted by Gasteiger charge is 2.73. The smallest absolute Gasteiger partial charge is 0.226 e. The molecule has 2 bridgehead atoms. The van der Waals surface area contributed by atoms with Crippen molar-refractivity contribution in [2.75, 3.05) is 19.6 Å². The van der Waals surface area contributed by atoms with Crippen molar-refractivity contribution in [3.63, 3.8) is 0 Å². The predicted molar refractivity (Wildman–Crippen MR) is 128 cm³/mol. The van der Waals surface area contributed by atoms with Crippen LogP contribution in [0.1, 0.15) is 75.8 Å². The van der Waals surface area contributed by atoms with E-state index in [9.17, 15) is 15.0 Å². The maximum atomic E-state index is 13.5. The zero-order chi connectivity index (χ0) is 23.2. The van der Waals surface area contributed by atoms with Crippen LogP contribution in [0.5, 0.6) is 11.5 Å². The second kappa shape index (κ2) is 7.36. The minimum Gasteiger partial charge on any atom is -0.504 e. The molecule has 3 aliphatic carbocycles. The fourth-order valence-corrected chi connectivity index (χ4v) is 8.59. The first-order valence-corrected chi connectivity index (χ1v) is 13.8. The molecule has 1 unspecified atom stereocenters. The molecule has 1 spiro atoms. The van der Waals surface area contributed by atoms with Crippen LogP contribution in [0, 0.1) is 11.8 Å². The number of phenols is 1. The molecule has 7 rings (SSSR count). The normalized spacial score (nSPS) is 40.4. The number of hydrogen-bond donors (Lipinski definition) is 2. The van der Waals surface area contributed by atoms with Gasteiger partial charge in [0.15, 0.2) is 11.5 Å². The number of amides is 1. The van der Waals surface area contributed by atoms with Crippen molar-refractivity contribution < 1.29 is 19.7 Å². The highest BCUT2D eigenvalue weighted by Crippen LogP contribution is 2.66. The molecule has 1 aromatic rings. The van der Waals surface area contributed by atoms with Gasteiger partial charge in [-0.3, -0.25) is 9.69 Å². The second-order valence-electron chi connectivity index (χ2n) is 12.1. The third kappa shape index (κ3) is 2.67. The Morgan fingerprint density at radius 1 is 1.15 bits per heavy atom. The predicted octanol–water partition coefficient (Wildman–Crippen LogP) is 3.36. The topological polar surface area (TPSA) is 73.2 Å². The molecule has 1 aromatic carbocycles. The summed E-state index contributed by atoms with van der Waals surface area (Å²) in [7, 11) is 0. The number of nitrogens with zero attached hydrogens (tertiary/aromatic N) is 2. The van der Waals surface area contributed by atoms with Gasteiger partial charge < -0.3 is 19.8 Å². The van der Waals surface area contributed by atoms with E-state index in [1.54, 1.807) is 6.07 Å². The van der Waals surface area contributed by atoms with Crippen molar-refractivity contribution in [3.8, 4) is 11.5 Å². The Hall–Kier alpha value is -1.79. The number of aromatic hydroxyl groups is 1. The molecule has 184 valence electrons. The lowest BCUT2D eigenvalue weighted by Gasteiger charge is -2.64. The number of rotatable bonds is 6. The van der Waals surface area contributed by atoms with Crippen LogP contribution >= 0.6 is 0 Å². The van der Waals surface area contributed by atoms with Gasteiger partial charge in [-0.1, -0.05) is 25.8 Å². The average Bonchev–Trinajstić information content (AvgIpc) is 3.46. The molecular weight excluding hydrogens is 428 g/mol. The van der Waals surface area contributed by atoms with Crippen molar-refractivity contribution in [1.82, 2.24) is 9.80 Å². The largest absolute Gasteiger partial charge is 0.504 e. The summed E-state index contributed by atoms with van der Waals surface area (Å²) >= 11 is 0. The molecule has 2 N–H and O–H groups in total. The van der Waals surface area contributed by atoms with Gasteiger partial charge in [0.25, 0.3) is 0 Å². The maximum Gasteiger partial charge on any atom is 0.226 e. The van der Waals surface area contributed by atoms with E-state index in [0.29, 0.717) is 12.2 Å². The molecule has 0 aromatic heterocycles. The number of likely N-dealkylation sites (tertiary alicyclic amines) is 2. The molecule has 0 radical (unpaired) electrons. The number of ether oxygens (including phenoxy) is 1. The number of hydrogen-bond acceptors (Lipinski definition) is 5. The molecule has 3 heterocycles. The summed E-state index contributed by atoms with van der Waals surface area (Å²) < 4.78 is 6.67. The zero-order valence-electron chi connectivity index (χ0n) is 20.3. The third-order valence-electron chi connectivity index (χ3n) is 10.4. The zero-order valence-corrected chi connectivity index (χ0v) is 20.3. The van der Waals surface area contributed by atoms with Gasteiger partial charge in [0, 0.05) is 30.6 Å². The number of unbranched alkanes of at least 4 members (excludes halogenated alkanes) is 1. The van der Waals surface area contributed by atoms with E-state index in [2.05, 4.69) is 22.8 Å². The Morgan fingerprint density at radius 3 is 2.79 bits per heavy atom. The van der Waals surface area contributed by atoms with Crippen LogP contribution in [-0.2, 0) is 16.6 Å². The lowest BCUT2D eigenvalue weighted by Crippen LogP contribution is -2.78. The highest BCUT2D eigenvalue weighted by atomic mass is 16.5. The second-order valence-corrected chi connectivity index (χ2v) is 12.1. The van der Waals surface area contributed by atoms with Gasteiger partial charge in [0.2, 0.25) is 5.91 Å². The van der Waals surface area contributed by atoms with Gasteiger partial charge in [-0.05, 0) is 75.5 Å². The molecule has 6 atom stereocenters. The monoisotopic (exact) mass is 466 g/mol. The molecule has 2 saturated carbocycles. The van der Waals surface area contributed by atoms with Crippen molar-refractivity contribution in [2.45, 2.75) is 100 Å². The van der Waals surface area contributed by atoms with E-state index in [-0.39, 0.29) is 35.8 Å². The van der Waals surface area contributed by atoms with Gasteiger partial charge in [-0.25, -0.2) is 0 Å². The van der Waals surface area contributed by atoms with Gasteiger partial charge in [0.05, 0.1) is 17.1 Å². The SMILES string of the molecule is CCCCC1CCN([C@@H]2CC[C@@]3(O)[C@H]4Cc5ccc(O)c6c5[C@@]3(CCN4CC3CC3)[C@H]2O6)C1=O. The fourth-order valence-electron chi connectivity index (χ4n) is 8.59. The lowest BCUT2D eigenvalue weighted by atomic mass is 9.48. The van der Waals surface area contributed by atoms with Crippen LogP contribution in [0.2, 0.25) is 0 Å². The van der Waals surface area contributed by atoms with E-state index in [1.807, 2.05) is 0 Å². The average molecular weight is 467 g/mol. The molecule has 4 fully saturated rings. The van der Waals surface area contributed by atoms with Crippen LogP contribution < -0.4 is 4.74 Å². The van der Waals surface area contributed by atoms with Crippen LogP contribution in [0.3, 0.4) is 0 Å². The molecule has 1 amide bonds. The molecule has 6 aliphatic rings. The third-order valence-corrected chi connectivity index (χ3v) is 10.4. The van der Waals surface area contributed by atoms with Crippen molar-refractivity contribution >= 4 is 5.91 Å². The van der Waals surface area contributed by atoms with E-state index < -0.39 is 11.0 Å². The quantitative estimate of drug-likeness (QED) is 0.673. The Kier molecular flexibility index (Phi) is 4.65. The van der Waals surface area contributed by atoms with Crippen LogP contribution in [0.25, 0.3) is 0 Å². The van der Waals surface area contributed by atoms with Gasteiger partial charge >= 0.3 is 0 Å². The van der Waals surface area contributed by atoms with Crippen LogP contribution in [0.15, 0.2) is 12.1 Å². The van der Waals surface area contributed by atoms with E-state index in [4.69, 9.17) is 4.74 Å². The van der Waals surface area contributed by atoms with Crippen molar-refractivity contribution in [1.29, 1.82) is 0 Å². The Labute approximate surface area is 202 Å². The first-order chi connectivity index (χ1) is 16.5. The number of phenolic OH excluding ortho intramolecular Hbond substituents is 1. The van der Waals surface area contributed by atoms with Gasteiger partial charge in [-0.15, -0.1) is 0 Å². The van der Waals surface area contributed by atoms with Crippen LogP contribution in [0.4, 0.5) is 0 Å². The number of piperidine rings is 1. The minimum absolute atomic E-state index is 0.0345. The molecule has 6 nitrogen and oxygen atoms in total. The highest BCUT2D eigenvalue weighted by molar-refractivity contribution is 5.81. The molecule has 3 aliphatic heterocycles. The van der Waals surface area contributed by atoms with Crippen molar-refractivity contribution in [3.05, 3.63) is 23.3 Å². The molecule has 34 heavy (non-hydrogen) atoms. The first kappa shape index (κ1) is 21.5. The summed E-state index contributed by atoms with van der Waals surface area (Å²) in [5.41, 5.74) is 0.864. The summed E-state index contributed by atoms with van der Waals surface area (Å²) in [5, 5.41) is 23.4. The fraction of sp³-hybridized carbons (Fsp3) is 0.750. The maximum absolute atomic E-state index is 13.5. The Balaban J connectivity index is 1.29. The number of aliphatic hydroxyl groups is 1. The number of benzene rings is 1.